The van der Waals surface area contributed by atoms with Gasteiger partial charge < -0.3 is 10.6 Å². The number of hydrogen-bond donors (Lipinski definition) is 2. The van der Waals surface area contributed by atoms with Crippen molar-refractivity contribution < 1.29 is 4.79 Å². The van der Waals surface area contributed by atoms with Crippen molar-refractivity contribution in [1.82, 2.24) is 15.5 Å². The predicted octanol–water partition coefficient (Wildman–Crippen LogP) is 3.67. The van der Waals surface area contributed by atoms with Gasteiger partial charge in [0.25, 0.3) is 0 Å². The number of thioether (sulfide) groups is 1. The van der Waals surface area contributed by atoms with Crippen LogP contribution in [0.25, 0.3) is 0 Å². The van der Waals surface area contributed by atoms with Crippen molar-refractivity contribution >= 4 is 34.1 Å². The zero-order chi connectivity index (χ0) is 17.4. The highest BCUT2D eigenvalue weighted by molar-refractivity contribution is 8.01. The molecule has 1 atom stereocenters. The Hall–Kier alpha value is -1.86. The maximum absolute atomic E-state index is 12.1. The number of nitrogens with one attached hydrogen (secondary N) is 2. The molecule has 0 saturated heterocycles. The van der Waals surface area contributed by atoms with Gasteiger partial charge in [-0.25, -0.2) is 0 Å². The summed E-state index contributed by atoms with van der Waals surface area (Å²) in [4.78, 5) is 12.1. The van der Waals surface area contributed by atoms with E-state index < -0.39 is 0 Å². The molecule has 1 unspecified atom stereocenters. The van der Waals surface area contributed by atoms with Crippen molar-refractivity contribution in [1.29, 1.82) is 0 Å². The topological polar surface area (TPSA) is 66.9 Å². The first-order valence-corrected chi connectivity index (χ1v) is 9.61. The van der Waals surface area contributed by atoms with Crippen molar-refractivity contribution in [3.05, 3.63) is 48.0 Å². The summed E-state index contributed by atoms with van der Waals surface area (Å²) in [6, 6.07) is 8.33. The van der Waals surface area contributed by atoms with Crippen molar-refractivity contribution in [3.63, 3.8) is 0 Å². The van der Waals surface area contributed by atoms with E-state index >= 15 is 0 Å². The van der Waals surface area contributed by atoms with Gasteiger partial charge in [0, 0.05) is 6.54 Å². The Bertz CT molecular complexity index is 669. The second-order valence-corrected chi connectivity index (χ2v) is 7.42. The van der Waals surface area contributed by atoms with Gasteiger partial charge in [-0.05, 0) is 24.5 Å². The fourth-order valence-electron chi connectivity index (χ4n) is 2.03. The van der Waals surface area contributed by atoms with Crippen LogP contribution >= 0.6 is 23.1 Å². The lowest BCUT2D eigenvalue weighted by atomic mass is 10.1. The summed E-state index contributed by atoms with van der Waals surface area (Å²) in [5.41, 5.74) is 2.40. The largest absolute Gasteiger partial charge is 0.357 e. The summed E-state index contributed by atoms with van der Waals surface area (Å²) in [5.74, 6) is 0.316. The smallest absolute Gasteiger partial charge is 0.230 e. The first kappa shape index (κ1) is 18.5. The number of nitrogens with zero attached hydrogens (tertiary/aromatic N) is 2. The first-order valence-electron chi connectivity index (χ1n) is 7.81. The van der Waals surface area contributed by atoms with Crippen molar-refractivity contribution in [2.75, 3.05) is 17.6 Å². The molecule has 1 aromatic heterocycles. The Morgan fingerprint density at radius 2 is 2.12 bits per heavy atom. The first-order chi connectivity index (χ1) is 11.6. The molecule has 0 fully saturated rings. The molecule has 7 heteroatoms. The fourth-order valence-corrected chi connectivity index (χ4v) is 3.60. The van der Waals surface area contributed by atoms with E-state index in [0.717, 1.165) is 21.5 Å². The monoisotopic (exact) mass is 362 g/mol. The summed E-state index contributed by atoms with van der Waals surface area (Å²) < 4.78 is 0.775. The van der Waals surface area contributed by atoms with Gasteiger partial charge in [0.2, 0.25) is 11.0 Å². The number of aromatic nitrogens is 2. The Labute approximate surface area is 151 Å². The second-order valence-electron chi connectivity index (χ2n) is 5.22. The molecule has 1 heterocycles. The standard InChI is InChI=1S/C17H22N4OS2/c1-4-10-18-16-20-21-17(24-16)23-11-15(22)19-12(3)14-8-6-13(5-2)7-9-14/h4,6-9,12H,1,5,10-11H2,2-3H3,(H,18,20)(H,19,22). The zero-order valence-electron chi connectivity index (χ0n) is 13.9. The third kappa shape index (κ3) is 5.65. The molecule has 0 aliphatic heterocycles. The van der Waals surface area contributed by atoms with Gasteiger partial charge in [-0.2, -0.15) is 0 Å². The minimum atomic E-state index is -0.0112. The summed E-state index contributed by atoms with van der Waals surface area (Å²) in [6.45, 7) is 8.41. The minimum absolute atomic E-state index is 0.0109. The van der Waals surface area contributed by atoms with Gasteiger partial charge in [0.1, 0.15) is 0 Å². The van der Waals surface area contributed by atoms with Crippen molar-refractivity contribution in [2.45, 2.75) is 30.6 Å². The molecule has 0 spiro atoms. The molecule has 0 aliphatic carbocycles. The van der Waals surface area contributed by atoms with Gasteiger partial charge in [-0.15, -0.1) is 16.8 Å². The molecular formula is C17H22N4OS2. The summed E-state index contributed by atoms with van der Waals surface area (Å²) in [6.07, 6.45) is 2.78. The highest BCUT2D eigenvalue weighted by Crippen LogP contribution is 2.25. The predicted molar refractivity (Wildman–Crippen MR) is 102 cm³/mol. The van der Waals surface area contributed by atoms with Crippen LogP contribution in [-0.2, 0) is 11.2 Å². The van der Waals surface area contributed by atoms with E-state index in [1.165, 1.54) is 28.7 Å². The molecule has 24 heavy (non-hydrogen) atoms. The molecule has 128 valence electrons. The number of benzene rings is 1. The molecule has 5 nitrogen and oxygen atoms in total. The Morgan fingerprint density at radius 1 is 1.38 bits per heavy atom. The van der Waals surface area contributed by atoms with Crippen LogP contribution in [0.2, 0.25) is 0 Å². The van der Waals surface area contributed by atoms with Gasteiger partial charge in [0.15, 0.2) is 4.34 Å². The van der Waals surface area contributed by atoms with E-state index in [2.05, 4.69) is 58.6 Å². The van der Waals surface area contributed by atoms with Crippen LogP contribution in [0.15, 0.2) is 41.3 Å². The van der Waals surface area contributed by atoms with Gasteiger partial charge in [-0.3, -0.25) is 4.79 Å². The number of carbonyl (C=O) groups excluding carboxylic acids is 1. The molecule has 2 rings (SSSR count). The number of aryl methyl sites for hydroxylation is 1. The maximum atomic E-state index is 12.1. The average Bonchev–Trinajstić information content (AvgIpc) is 3.06. The molecular weight excluding hydrogens is 340 g/mol. The maximum Gasteiger partial charge on any atom is 0.230 e. The second kappa shape index (κ2) is 9.44. The van der Waals surface area contributed by atoms with E-state index in [-0.39, 0.29) is 11.9 Å². The van der Waals surface area contributed by atoms with Crippen molar-refractivity contribution in [3.8, 4) is 0 Å². The summed E-state index contributed by atoms with van der Waals surface area (Å²) in [5, 5.41) is 14.9. The SMILES string of the molecule is C=CCNc1nnc(SCC(=O)NC(C)c2ccc(CC)cc2)s1. The van der Waals surface area contributed by atoms with Crippen LogP contribution in [0.1, 0.15) is 31.0 Å². The zero-order valence-corrected chi connectivity index (χ0v) is 15.5. The van der Waals surface area contributed by atoms with Gasteiger partial charge >= 0.3 is 0 Å². The van der Waals surface area contributed by atoms with E-state index in [1.807, 2.05) is 6.92 Å². The Balaban J connectivity index is 1.79. The third-order valence-electron chi connectivity index (χ3n) is 3.40. The molecule has 0 aliphatic rings. The third-order valence-corrected chi connectivity index (χ3v) is 5.41. The number of hydrogen-bond acceptors (Lipinski definition) is 6. The van der Waals surface area contributed by atoms with E-state index in [9.17, 15) is 4.79 Å². The number of amides is 1. The lowest BCUT2D eigenvalue weighted by Crippen LogP contribution is -2.28. The van der Waals surface area contributed by atoms with E-state index in [1.54, 1.807) is 6.08 Å². The average molecular weight is 363 g/mol. The molecule has 1 amide bonds. The lowest BCUT2D eigenvalue weighted by Gasteiger charge is -2.14. The minimum Gasteiger partial charge on any atom is -0.357 e. The van der Waals surface area contributed by atoms with E-state index in [0.29, 0.717) is 12.3 Å². The lowest BCUT2D eigenvalue weighted by molar-refractivity contribution is -0.119. The highest BCUT2D eigenvalue weighted by atomic mass is 32.2. The van der Waals surface area contributed by atoms with Crippen LogP contribution in [0.5, 0.6) is 0 Å². The summed E-state index contributed by atoms with van der Waals surface area (Å²) in [7, 11) is 0. The quantitative estimate of drug-likeness (QED) is 0.526. The molecule has 2 N–H and O–H groups in total. The molecule has 1 aromatic carbocycles. The van der Waals surface area contributed by atoms with Crippen LogP contribution in [0.4, 0.5) is 5.13 Å². The van der Waals surface area contributed by atoms with Gasteiger partial charge in [0.05, 0.1) is 11.8 Å². The molecule has 0 radical (unpaired) electrons. The van der Waals surface area contributed by atoms with Crippen molar-refractivity contribution in [2.24, 2.45) is 0 Å². The van der Waals surface area contributed by atoms with Crippen LogP contribution < -0.4 is 10.6 Å². The highest BCUT2D eigenvalue weighted by Gasteiger charge is 2.11. The number of rotatable bonds is 9. The molecule has 0 bridgehead atoms. The molecule has 2 aromatic rings. The summed E-state index contributed by atoms with van der Waals surface area (Å²) >= 11 is 2.83. The normalized spacial score (nSPS) is 11.8. The fraction of sp³-hybridized carbons (Fsp3) is 0.353. The Morgan fingerprint density at radius 3 is 2.79 bits per heavy atom. The Kier molecular flexibility index (Phi) is 7.27. The number of anilines is 1. The number of carbonyl (C=O) groups is 1. The van der Waals surface area contributed by atoms with Crippen LogP contribution in [0.3, 0.4) is 0 Å². The van der Waals surface area contributed by atoms with E-state index in [4.69, 9.17) is 0 Å². The van der Waals surface area contributed by atoms with Crippen LogP contribution in [-0.4, -0.2) is 28.4 Å². The van der Waals surface area contributed by atoms with Gasteiger partial charge in [-0.1, -0.05) is 60.4 Å². The molecule has 0 saturated carbocycles. The van der Waals surface area contributed by atoms with Crippen LogP contribution in [0, 0.1) is 0 Å².